The van der Waals surface area contributed by atoms with Gasteiger partial charge in [0.2, 0.25) is 0 Å². The van der Waals surface area contributed by atoms with E-state index in [1.807, 2.05) is 6.07 Å². The lowest BCUT2D eigenvalue weighted by Gasteiger charge is -2.29. The number of benzene rings is 13. The first-order chi connectivity index (χ1) is 42.4. The lowest BCUT2D eigenvalue weighted by Crippen LogP contribution is -2.16. The van der Waals surface area contributed by atoms with Crippen LogP contribution in [0.4, 0.5) is 17.1 Å². The second-order valence-electron chi connectivity index (χ2n) is 23.6. The van der Waals surface area contributed by atoms with Gasteiger partial charge in [0.25, 0.3) is 0 Å². The Bertz CT molecular complexity index is 5620. The van der Waals surface area contributed by atoms with Crippen molar-refractivity contribution in [3.8, 4) is 55.9 Å². The highest BCUT2D eigenvalue weighted by Gasteiger charge is 2.38. The highest BCUT2D eigenvalue weighted by molar-refractivity contribution is 6.17. The zero-order valence-corrected chi connectivity index (χ0v) is 47.3. The van der Waals surface area contributed by atoms with Gasteiger partial charge in [0, 0.05) is 71.3 Å². The fourth-order valence-electron chi connectivity index (χ4n) is 14.5. The van der Waals surface area contributed by atoms with Crippen molar-refractivity contribution in [1.29, 1.82) is 0 Å². The summed E-state index contributed by atoms with van der Waals surface area (Å²) in [5, 5.41) is 9.21. The summed E-state index contributed by atoms with van der Waals surface area (Å²) in [6.45, 7) is 4.71. The minimum atomic E-state index is -0.193. The van der Waals surface area contributed by atoms with E-state index >= 15 is 0 Å². The predicted octanol–water partition coefficient (Wildman–Crippen LogP) is 22.5. The molecule has 1 aliphatic carbocycles. The van der Waals surface area contributed by atoms with E-state index < -0.39 is 0 Å². The van der Waals surface area contributed by atoms with Gasteiger partial charge in [-0.3, -0.25) is 0 Å². The predicted molar refractivity (Wildman–Crippen MR) is 358 cm³/mol. The van der Waals surface area contributed by atoms with Crippen LogP contribution in [0, 0.1) is 0 Å². The van der Waals surface area contributed by atoms with Crippen LogP contribution in [0.3, 0.4) is 0 Å². The molecule has 18 rings (SSSR count). The number of rotatable bonds is 8. The number of hydrogen-bond donors (Lipinski definition) is 0. The van der Waals surface area contributed by atoms with Crippen LogP contribution in [-0.2, 0) is 5.41 Å². The second kappa shape index (κ2) is 18.4. The van der Waals surface area contributed by atoms with Crippen LogP contribution in [0.2, 0.25) is 0 Å². The van der Waals surface area contributed by atoms with E-state index in [9.17, 15) is 0 Å². The van der Waals surface area contributed by atoms with Crippen molar-refractivity contribution in [2.45, 2.75) is 19.3 Å². The van der Waals surface area contributed by atoms with Crippen molar-refractivity contribution in [3.05, 3.63) is 296 Å². The summed E-state index contributed by atoms with van der Waals surface area (Å²) in [4.78, 5) is 2.47. The highest BCUT2D eigenvalue weighted by atomic mass is 16.3. The number of para-hydroxylation sites is 5. The molecule has 0 saturated carbocycles. The molecule has 1 aliphatic rings. The molecule has 0 spiro atoms. The lowest BCUT2D eigenvalue weighted by atomic mass is 9.82. The number of fused-ring (bicyclic) bond motifs is 15. The Labute approximate surface area is 496 Å². The third kappa shape index (κ3) is 7.12. The summed E-state index contributed by atoms with van der Waals surface area (Å²) in [6, 6.07) is 104. The molecule has 404 valence electrons. The molecule has 0 unspecified atom stereocenters. The Kier molecular flexibility index (Phi) is 10.4. The van der Waals surface area contributed by atoms with Gasteiger partial charge in [-0.25, -0.2) is 0 Å². The van der Waals surface area contributed by atoms with E-state index in [1.54, 1.807) is 0 Å². The molecule has 5 heteroatoms. The van der Waals surface area contributed by atoms with Gasteiger partial charge in [0.15, 0.2) is 0 Å². The Morgan fingerprint density at radius 2 is 0.791 bits per heavy atom. The van der Waals surface area contributed by atoms with E-state index in [1.165, 1.54) is 66.0 Å². The van der Waals surface area contributed by atoms with Crippen molar-refractivity contribution in [2.75, 3.05) is 4.90 Å². The summed E-state index contributed by atoms with van der Waals surface area (Å²) in [6.07, 6.45) is 0. The summed E-state index contributed by atoms with van der Waals surface area (Å²) in [5.41, 5.74) is 25.3. The molecule has 0 atom stereocenters. The fourth-order valence-corrected chi connectivity index (χ4v) is 14.5. The average Bonchev–Trinajstić information content (AvgIpc) is 2.27. The maximum Gasteiger partial charge on any atom is 0.143 e. The second-order valence-corrected chi connectivity index (χ2v) is 23.6. The van der Waals surface area contributed by atoms with Gasteiger partial charge in [0.1, 0.15) is 22.3 Å². The monoisotopic (exact) mass is 1100 g/mol. The first-order valence-electron chi connectivity index (χ1n) is 29.6. The maximum absolute atomic E-state index is 6.90. The maximum atomic E-state index is 6.90. The standard InChI is InChI=1S/C81H53N3O2/c1-81(2)67-27-12-9-24-62(67)78-68(81)28-16-30-73(78)84(57-40-34-50(35-41-57)58-25-15-26-61-60-23-11-14-32-75(60)86-80(58)61)74-31-17-33-77-79(74)66-49-54(39-45-76(66)85-77)53-38-44-72-65(48-53)64-47-52(37-43-71(64)83(72)56-20-7-4-8-21-56)51-36-42-70-63(46-51)59-22-10-13-29-69(59)82(70)55-18-5-3-6-19-55/h3-49H,1-2H3. The smallest absolute Gasteiger partial charge is 0.143 e. The average molecular weight is 1100 g/mol. The summed E-state index contributed by atoms with van der Waals surface area (Å²) < 4.78 is 18.3. The van der Waals surface area contributed by atoms with Crippen molar-refractivity contribution in [1.82, 2.24) is 9.13 Å². The molecule has 0 radical (unpaired) electrons. The Morgan fingerprint density at radius 3 is 1.49 bits per heavy atom. The Morgan fingerprint density at radius 1 is 0.314 bits per heavy atom. The molecule has 86 heavy (non-hydrogen) atoms. The molecule has 0 aliphatic heterocycles. The van der Waals surface area contributed by atoms with E-state index in [0.29, 0.717) is 0 Å². The van der Waals surface area contributed by atoms with Crippen molar-refractivity contribution < 1.29 is 8.83 Å². The topological polar surface area (TPSA) is 39.4 Å². The molecule has 5 nitrogen and oxygen atoms in total. The van der Waals surface area contributed by atoms with Gasteiger partial charge in [-0.05, 0) is 160 Å². The van der Waals surface area contributed by atoms with Gasteiger partial charge >= 0.3 is 0 Å². The van der Waals surface area contributed by atoms with Crippen molar-refractivity contribution >= 4 is 105 Å². The minimum Gasteiger partial charge on any atom is -0.456 e. The van der Waals surface area contributed by atoms with Crippen LogP contribution in [0.1, 0.15) is 25.0 Å². The Balaban J connectivity index is 0.805. The van der Waals surface area contributed by atoms with Crippen LogP contribution >= 0.6 is 0 Å². The molecule has 0 fully saturated rings. The van der Waals surface area contributed by atoms with Gasteiger partial charge in [0.05, 0.1) is 38.8 Å². The van der Waals surface area contributed by atoms with Gasteiger partial charge in [-0.15, -0.1) is 0 Å². The molecule has 13 aromatic carbocycles. The minimum absolute atomic E-state index is 0.193. The largest absolute Gasteiger partial charge is 0.456 e. The van der Waals surface area contributed by atoms with Crippen LogP contribution in [-0.4, -0.2) is 9.13 Å². The fraction of sp³-hybridized carbons (Fsp3) is 0.0370. The van der Waals surface area contributed by atoms with Crippen molar-refractivity contribution in [3.63, 3.8) is 0 Å². The molecule has 4 heterocycles. The van der Waals surface area contributed by atoms with Crippen LogP contribution in [0.15, 0.2) is 294 Å². The van der Waals surface area contributed by atoms with E-state index in [-0.39, 0.29) is 5.41 Å². The van der Waals surface area contributed by atoms with E-state index in [4.69, 9.17) is 8.83 Å². The third-order valence-electron chi connectivity index (χ3n) is 18.5. The molecule has 0 bridgehead atoms. The van der Waals surface area contributed by atoms with Gasteiger partial charge in [-0.1, -0.05) is 184 Å². The summed E-state index contributed by atoms with van der Waals surface area (Å²) in [7, 11) is 0. The molecule has 0 amide bonds. The van der Waals surface area contributed by atoms with Crippen LogP contribution < -0.4 is 4.90 Å². The zero-order chi connectivity index (χ0) is 56.8. The number of nitrogens with zero attached hydrogens (tertiary/aromatic N) is 3. The van der Waals surface area contributed by atoms with Gasteiger partial charge < -0.3 is 22.9 Å². The molecule has 4 aromatic heterocycles. The van der Waals surface area contributed by atoms with Crippen LogP contribution in [0.25, 0.3) is 143 Å². The molecular weight excluding hydrogens is 1050 g/mol. The lowest BCUT2D eigenvalue weighted by molar-refractivity contribution is 0.660. The zero-order valence-electron chi connectivity index (χ0n) is 47.3. The summed E-state index contributed by atoms with van der Waals surface area (Å²) >= 11 is 0. The quantitative estimate of drug-likeness (QED) is 0.152. The number of aromatic nitrogens is 2. The number of furan rings is 2. The normalized spacial score (nSPS) is 12.9. The molecule has 0 N–H and O–H groups in total. The first kappa shape index (κ1) is 48.4. The molecular formula is C81H53N3O2. The van der Waals surface area contributed by atoms with Crippen LogP contribution in [0.5, 0.6) is 0 Å². The molecule has 0 saturated heterocycles. The third-order valence-corrected chi connectivity index (χ3v) is 18.5. The van der Waals surface area contributed by atoms with Gasteiger partial charge in [-0.2, -0.15) is 0 Å². The summed E-state index contributed by atoms with van der Waals surface area (Å²) in [5.74, 6) is 0. The SMILES string of the molecule is CC1(C)c2ccccc2-c2c(N(c3ccc(-c4cccc5c4oc4ccccc45)cc3)c3cccc4oc5ccc(-c6ccc7c(c6)c6cc(-c8ccc9c(c8)c8ccccc8n9-c8ccccc8)ccc6n7-c6ccccc6)cc5c34)cccc21. The Hall–Kier alpha value is -11.1. The molecule has 17 aromatic rings. The highest BCUT2D eigenvalue weighted by Crippen LogP contribution is 2.55. The first-order valence-corrected chi connectivity index (χ1v) is 29.6. The van der Waals surface area contributed by atoms with Crippen molar-refractivity contribution in [2.24, 2.45) is 0 Å². The number of anilines is 3. The number of hydrogen-bond acceptors (Lipinski definition) is 3. The van der Waals surface area contributed by atoms with E-state index in [0.717, 1.165) is 106 Å². The van der Waals surface area contributed by atoms with E-state index in [2.05, 4.69) is 307 Å².